The molecule has 1 saturated carbocycles. The molecule has 6 heteroatoms. The molecular formula is C18H19NO4S. The Morgan fingerprint density at radius 1 is 1.12 bits per heavy atom. The third kappa shape index (κ3) is 2.42. The van der Waals surface area contributed by atoms with Crippen molar-refractivity contribution in [2.75, 3.05) is 0 Å². The van der Waals surface area contributed by atoms with Gasteiger partial charge in [-0.25, -0.2) is 8.42 Å². The van der Waals surface area contributed by atoms with Gasteiger partial charge < -0.3 is 10.8 Å². The van der Waals surface area contributed by atoms with E-state index < -0.39 is 32.5 Å². The molecule has 126 valence electrons. The third-order valence-corrected chi connectivity index (χ3v) is 6.96. The van der Waals surface area contributed by atoms with Crippen molar-refractivity contribution in [3.05, 3.63) is 65.7 Å². The normalized spacial score (nSPS) is 26.1. The summed E-state index contributed by atoms with van der Waals surface area (Å²) in [5.74, 6) is -2.05. The molecular weight excluding hydrogens is 326 g/mol. The summed E-state index contributed by atoms with van der Waals surface area (Å²) in [6.07, 6.45) is 0.851. The molecule has 0 aromatic heterocycles. The number of carbonyl (C=O) groups is 1. The summed E-state index contributed by atoms with van der Waals surface area (Å²) in [6.45, 7) is 2.01. The Morgan fingerprint density at radius 3 is 2.21 bits per heavy atom. The molecule has 5 nitrogen and oxygen atoms in total. The summed E-state index contributed by atoms with van der Waals surface area (Å²) in [6, 6.07) is 15.2. The van der Waals surface area contributed by atoms with Crippen LogP contribution in [-0.4, -0.2) is 30.3 Å². The lowest BCUT2D eigenvalue weighted by Crippen LogP contribution is -2.39. The molecule has 0 aliphatic heterocycles. The zero-order valence-electron chi connectivity index (χ0n) is 13.2. The Labute approximate surface area is 141 Å². The summed E-state index contributed by atoms with van der Waals surface area (Å²) in [5, 5.41) is 8.37. The van der Waals surface area contributed by atoms with E-state index in [0.29, 0.717) is 5.56 Å². The second kappa shape index (κ2) is 5.72. The number of nitrogens with two attached hydrogens (primary N) is 1. The van der Waals surface area contributed by atoms with Crippen LogP contribution in [0.2, 0.25) is 0 Å². The molecule has 0 unspecified atom stereocenters. The molecule has 0 bridgehead atoms. The summed E-state index contributed by atoms with van der Waals surface area (Å²) in [4.78, 5) is 11.8. The molecule has 2 aromatic rings. The Bertz CT molecular complexity index is 862. The molecule has 3 N–H and O–H groups in total. The van der Waals surface area contributed by atoms with E-state index in [2.05, 4.69) is 0 Å². The van der Waals surface area contributed by atoms with Gasteiger partial charge in [0.2, 0.25) is 0 Å². The highest BCUT2D eigenvalue weighted by molar-refractivity contribution is 7.92. The van der Waals surface area contributed by atoms with Crippen LogP contribution < -0.4 is 5.73 Å². The number of carboxylic acid groups (broad SMARTS) is 1. The van der Waals surface area contributed by atoms with E-state index in [4.69, 9.17) is 5.73 Å². The number of hydrogen-bond acceptors (Lipinski definition) is 4. The Kier molecular flexibility index (Phi) is 3.97. The maximum atomic E-state index is 12.9. The molecule has 1 aliphatic rings. The lowest BCUT2D eigenvalue weighted by atomic mass is 10.0. The highest BCUT2D eigenvalue weighted by Crippen LogP contribution is 2.55. The molecule has 3 rings (SSSR count). The first kappa shape index (κ1) is 16.7. The van der Waals surface area contributed by atoms with Gasteiger partial charge in [-0.15, -0.1) is 0 Å². The van der Waals surface area contributed by atoms with Crippen LogP contribution in [0, 0.1) is 0 Å². The Hall–Kier alpha value is -2.18. The topological polar surface area (TPSA) is 97.5 Å². The third-order valence-electron chi connectivity index (χ3n) is 4.70. The Balaban J connectivity index is 2.04. The second-order valence-corrected chi connectivity index (χ2v) is 8.16. The van der Waals surface area contributed by atoms with Crippen molar-refractivity contribution in [2.24, 2.45) is 5.73 Å². The molecule has 0 saturated heterocycles. The molecule has 3 atom stereocenters. The molecule has 0 radical (unpaired) electrons. The van der Waals surface area contributed by atoms with E-state index in [1.54, 1.807) is 30.3 Å². The average molecular weight is 345 g/mol. The molecule has 24 heavy (non-hydrogen) atoms. The molecule has 2 aromatic carbocycles. The van der Waals surface area contributed by atoms with Crippen molar-refractivity contribution in [1.29, 1.82) is 0 Å². The van der Waals surface area contributed by atoms with Gasteiger partial charge in [-0.3, -0.25) is 4.79 Å². The van der Waals surface area contributed by atoms with Crippen LogP contribution in [0.3, 0.4) is 0 Å². The van der Waals surface area contributed by atoms with Gasteiger partial charge in [-0.05, 0) is 29.7 Å². The van der Waals surface area contributed by atoms with Crippen LogP contribution in [-0.2, 0) is 21.1 Å². The smallest absolute Gasteiger partial charge is 0.325 e. The second-order valence-electron chi connectivity index (χ2n) is 6.09. The van der Waals surface area contributed by atoms with Crippen molar-refractivity contribution in [1.82, 2.24) is 0 Å². The van der Waals surface area contributed by atoms with Crippen LogP contribution in [0.1, 0.15) is 24.0 Å². The van der Waals surface area contributed by atoms with Gasteiger partial charge in [0.25, 0.3) is 0 Å². The van der Waals surface area contributed by atoms with Crippen LogP contribution >= 0.6 is 0 Å². The number of aliphatic carboxylic acids is 1. The van der Waals surface area contributed by atoms with Crippen LogP contribution in [0.5, 0.6) is 0 Å². The molecule has 1 fully saturated rings. The number of rotatable bonds is 5. The van der Waals surface area contributed by atoms with Gasteiger partial charge >= 0.3 is 5.97 Å². The van der Waals surface area contributed by atoms with Gasteiger partial charge in [0.05, 0.1) is 4.90 Å². The fourth-order valence-electron chi connectivity index (χ4n) is 3.23. The maximum absolute atomic E-state index is 12.9. The van der Waals surface area contributed by atoms with Crippen LogP contribution in [0.15, 0.2) is 59.5 Å². The van der Waals surface area contributed by atoms with Crippen molar-refractivity contribution < 1.29 is 18.3 Å². The fraction of sp³-hybridized carbons (Fsp3) is 0.278. The van der Waals surface area contributed by atoms with Gasteiger partial charge in [0.1, 0.15) is 10.8 Å². The first-order chi connectivity index (χ1) is 11.3. The molecule has 0 amide bonds. The quantitative estimate of drug-likeness (QED) is 0.863. The highest BCUT2D eigenvalue weighted by Gasteiger charge is 2.74. The van der Waals surface area contributed by atoms with Crippen LogP contribution in [0.25, 0.3) is 0 Å². The van der Waals surface area contributed by atoms with Crippen molar-refractivity contribution in [3.8, 4) is 0 Å². The predicted molar refractivity (Wildman–Crippen MR) is 90.5 cm³/mol. The van der Waals surface area contributed by atoms with E-state index in [1.165, 1.54) is 12.1 Å². The van der Waals surface area contributed by atoms with Gasteiger partial charge in [-0.2, -0.15) is 0 Å². The fourth-order valence-corrected chi connectivity index (χ4v) is 5.49. The SMILES string of the molecule is CCc1ccc([C@@H]2[C@@H](S(=O)(=O)c3ccccc3)[C@@]2(N)C(=O)O)cc1. The number of aryl methyl sites for hydroxylation is 1. The number of sulfone groups is 1. The first-order valence-electron chi connectivity index (χ1n) is 7.73. The summed E-state index contributed by atoms with van der Waals surface area (Å²) in [5.41, 5.74) is 5.96. The summed E-state index contributed by atoms with van der Waals surface area (Å²) >= 11 is 0. The lowest BCUT2D eigenvalue weighted by Gasteiger charge is -2.06. The number of benzene rings is 2. The first-order valence-corrected chi connectivity index (χ1v) is 9.28. The minimum absolute atomic E-state index is 0.0961. The lowest BCUT2D eigenvalue weighted by molar-refractivity contribution is -0.139. The number of hydrogen-bond donors (Lipinski definition) is 2. The monoisotopic (exact) mass is 345 g/mol. The van der Waals surface area contributed by atoms with Crippen LogP contribution in [0.4, 0.5) is 0 Å². The zero-order valence-corrected chi connectivity index (χ0v) is 14.0. The maximum Gasteiger partial charge on any atom is 0.325 e. The number of carboxylic acids is 1. The zero-order chi connectivity index (χ0) is 17.5. The van der Waals surface area contributed by atoms with E-state index in [1.807, 2.05) is 19.1 Å². The Morgan fingerprint density at radius 2 is 1.71 bits per heavy atom. The largest absolute Gasteiger partial charge is 0.480 e. The molecule has 0 heterocycles. The van der Waals surface area contributed by atoms with E-state index >= 15 is 0 Å². The summed E-state index contributed by atoms with van der Waals surface area (Å²) in [7, 11) is -3.84. The molecule has 0 spiro atoms. The summed E-state index contributed by atoms with van der Waals surface area (Å²) < 4.78 is 25.8. The average Bonchev–Trinajstić information content (AvgIpc) is 3.24. The van der Waals surface area contributed by atoms with Gasteiger partial charge in [-0.1, -0.05) is 49.4 Å². The van der Waals surface area contributed by atoms with Gasteiger partial charge in [0, 0.05) is 5.92 Å². The minimum atomic E-state index is -3.84. The predicted octanol–water partition coefficient (Wildman–Crippen LogP) is 1.97. The van der Waals surface area contributed by atoms with Gasteiger partial charge in [0.15, 0.2) is 9.84 Å². The van der Waals surface area contributed by atoms with Crippen molar-refractivity contribution >= 4 is 15.8 Å². The van der Waals surface area contributed by atoms with Crippen molar-refractivity contribution in [3.63, 3.8) is 0 Å². The van der Waals surface area contributed by atoms with E-state index in [0.717, 1.165) is 12.0 Å². The van der Waals surface area contributed by atoms with E-state index in [-0.39, 0.29) is 4.90 Å². The molecule has 1 aliphatic carbocycles. The highest BCUT2D eigenvalue weighted by atomic mass is 32.2. The van der Waals surface area contributed by atoms with E-state index in [9.17, 15) is 18.3 Å². The standard InChI is InChI=1S/C18H19NO4S/c1-2-12-8-10-13(11-9-12)15-16(18(15,19)17(20)21)24(22,23)14-6-4-3-5-7-14/h3-11,15-16H,2,19H2,1H3,(H,20,21)/t15-,16-,18-/m1/s1. The minimum Gasteiger partial charge on any atom is -0.480 e. The van der Waals surface area contributed by atoms with Crippen molar-refractivity contribution in [2.45, 2.75) is 34.9 Å².